The molecule has 0 aromatic rings. The normalized spacial score (nSPS) is 10.8. The fourth-order valence-corrected chi connectivity index (χ4v) is 0.224. The van der Waals surface area contributed by atoms with Crippen molar-refractivity contribution in [2.45, 2.75) is 0 Å². The summed E-state index contributed by atoms with van der Waals surface area (Å²) >= 11 is 0. The van der Waals surface area contributed by atoms with Crippen LogP contribution in [0.3, 0.4) is 0 Å². The molecule has 0 rings (SSSR count). The summed E-state index contributed by atoms with van der Waals surface area (Å²) in [5, 5.41) is 0. The largest absolute Gasteiger partial charge is 0.327 e. The first-order chi connectivity index (χ1) is 4.85. The van der Waals surface area contributed by atoms with Gasteiger partial charge in [0.1, 0.15) is 0 Å². The van der Waals surface area contributed by atoms with E-state index >= 15 is 0 Å². The predicted molar refractivity (Wildman–Crippen MR) is 52.2 cm³/mol. The van der Waals surface area contributed by atoms with Gasteiger partial charge in [0.25, 0.3) is 0 Å². The van der Waals surface area contributed by atoms with Gasteiger partial charge in [-0.15, -0.1) is 7.92 Å². The summed E-state index contributed by atoms with van der Waals surface area (Å²) in [6.45, 7) is 8.10. The molecule has 0 radical (unpaired) electrons. The molecule has 0 aliphatic rings. The van der Waals surface area contributed by atoms with Gasteiger partial charge in [0.05, 0.1) is 0 Å². The summed E-state index contributed by atoms with van der Waals surface area (Å²) < 4.78 is 19.3. The van der Waals surface area contributed by atoms with Gasteiger partial charge in [-0.3, -0.25) is 4.57 Å². The van der Waals surface area contributed by atoms with Crippen LogP contribution in [0, 0.1) is 0 Å². The Balaban J connectivity index is 0. The van der Waals surface area contributed by atoms with E-state index in [1.54, 1.807) is 0 Å². The van der Waals surface area contributed by atoms with E-state index < -0.39 is 7.60 Å². The van der Waals surface area contributed by atoms with Crippen LogP contribution in [-0.2, 0) is 13.6 Å². The molecule has 5 heteroatoms. The molecule has 0 aromatic carbocycles. The molecule has 0 saturated carbocycles. The third-order valence-electron chi connectivity index (χ3n) is 0.663. The van der Waals surface area contributed by atoms with Crippen molar-refractivity contribution in [1.29, 1.82) is 0 Å². The summed E-state index contributed by atoms with van der Waals surface area (Å²) in [5.74, 6) is 0. The minimum absolute atomic E-state index is 0.380. The Morgan fingerprint density at radius 2 is 1.27 bits per heavy atom. The van der Waals surface area contributed by atoms with Gasteiger partial charge in [-0.05, 0) is 20.0 Å². The summed E-state index contributed by atoms with van der Waals surface area (Å²) in [7, 11) is 0.428. The number of hydrogen-bond acceptors (Lipinski definition) is 3. The van der Waals surface area contributed by atoms with E-state index in [1.165, 1.54) is 20.9 Å². The zero-order valence-electron chi connectivity index (χ0n) is 8.12. The average molecular weight is 200 g/mol. The highest BCUT2D eigenvalue weighted by molar-refractivity contribution is 7.55. The lowest BCUT2D eigenvalue weighted by Gasteiger charge is -2.04. The summed E-state index contributed by atoms with van der Waals surface area (Å²) in [4.78, 5) is 0. The van der Waals surface area contributed by atoms with E-state index in [-0.39, 0.29) is 0 Å². The lowest BCUT2D eigenvalue weighted by Crippen LogP contribution is -1.82. The van der Waals surface area contributed by atoms with Crippen LogP contribution in [0.4, 0.5) is 0 Å². The molecule has 0 unspecified atom stereocenters. The van der Waals surface area contributed by atoms with Gasteiger partial charge < -0.3 is 9.05 Å². The topological polar surface area (TPSA) is 35.5 Å². The third kappa shape index (κ3) is 18.0. The second-order valence-corrected chi connectivity index (χ2v) is 7.43. The molecule has 0 aromatic heterocycles. The highest BCUT2D eigenvalue weighted by Crippen LogP contribution is 2.40. The SMILES string of the molecule is COP(C)(=O)OC.CP(C)C. The monoisotopic (exact) mass is 200 g/mol. The number of rotatable bonds is 2. The van der Waals surface area contributed by atoms with E-state index in [0.29, 0.717) is 7.92 Å². The second kappa shape index (κ2) is 7.24. The van der Waals surface area contributed by atoms with Crippen LogP contribution in [-0.4, -0.2) is 40.9 Å². The Morgan fingerprint density at radius 1 is 1.09 bits per heavy atom. The van der Waals surface area contributed by atoms with E-state index in [2.05, 4.69) is 29.0 Å². The molecule has 3 nitrogen and oxygen atoms in total. The molecule has 0 N–H and O–H groups in total. The summed E-state index contributed by atoms with van der Waals surface area (Å²) in [6.07, 6.45) is 0. The van der Waals surface area contributed by atoms with Gasteiger partial charge in [-0.1, -0.05) is 0 Å². The average Bonchev–Trinajstić information content (AvgIpc) is 1.87. The maximum absolute atomic E-state index is 10.5. The maximum Gasteiger partial charge on any atom is 0.327 e. The molecule has 0 aliphatic carbocycles. The molecule has 0 aliphatic heterocycles. The quantitative estimate of drug-likeness (QED) is 0.642. The summed E-state index contributed by atoms with van der Waals surface area (Å²) in [5.41, 5.74) is 0. The predicted octanol–water partition coefficient (Wildman–Crippen LogP) is 2.46. The summed E-state index contributed by atoms with van der Waals surface area (Å²) in [6, 6.07) is 0. The Morgan fingerprint density at radius 3 is 1.27 bits per heavy atom. The Kier molecular flexibility index (Phi) is 9.30. The van der Waals surface area contributed by atoms with E-state index in [9.17, 15) is 4.57 Å². The Labute approximate surface area is 70.8 Å². The minimum atomic E-state index is -2.65. The van der Waals surface area contributed by atoms with Gasteiger partial charge in [-0.25, -0.2) is 0 Å². The Bertz CT molecular complexity index is 114. The first kappa shape index (κ1) is 14.1. The fourth-order valence-electron chi connectivity index (χ4n) is 0.0745. The van der Waals surface area contributed by atoms with Crippen LogP contribution in [0.25, 0.3) is 0 Å². The molecule has 0 amide bonds. The van der Waals surface area contributed by atoms with Crippen LogP contribution in [0.5, 0.6) is 0 Å². The highest BCUT2D eigenvalue weighted by atomic mass is 31.2. The zero-order valence-corrected chi connectivity index (χ0v) is 9.91. The lowest BCUT2D eigenvalue weighted by atomic mass is 11.8. The van der Waals surface area contributed by atoms with E-state index in [1.807, 2.05) is 0 Å². The molecule has 0 heterocycles. The van der Waals surface area contributed by atoms with Crippen molar-refractivity contribution in [3.05, 3.63) is 0 Å². The molecule has 11 heavy (non-hydrogen) atoms. The van der Waals surface area contributed by atoms with E-state index in [4.69, 9.17) is 0 Å². The van der Waals surface area contributed by atoms with Crippen LogP contribution in [0.15, 0.2) is 0 Å². The van der Waals surface area contributed by atoms with Crippen molar-refractivity contribution in [3.8, 4) is 0 Å². The molecular weight excluding hydrogens is 182 g/mol. The molecule has 0 bridgehead atoms. The Hall–Kier alpha value is 0.580. The maximum atomic E-state index is 10.5. The van der Waals surface area contributed by atoms with Crippen LogP contribution >= 0.6 is 15.5 Å². The molecule has 70 valence electrons. The van der Waals surface area contributed by atoms with E-state index in [0.717, 1.165) is 0 Å². The molecule has 0 fully saturated rings. The molecular formula is C6H18O3P2. The van der Waals surface area contributed by atoms with Crippen molar-refractivity contribution in [3.63, 3.8) is 0 Å². The standard InChI is InChI=1S/C3H9O3P.C3H9P/c1-5-7(3,4)6-2;1-4(2)3/h1-3H3;1-3H3. The van der Waals surface area contributed by atoms with Crippen LogP contribution in [0.2, 0.25) is 0 Å². The van der Waals surface area contributed by atoms with Crippen molar-refractivity contribution >= 4 is 15.5 Å². The van der Waals surface area contributed by atoms with Crippen molar-refractivity contribution in [2.24, 2.45) is 0 Å². The van der Waals surface area contributed by atoms with Crippen molar-refractivity contribution in [2.75, 3.05) is 40.9 Å². The van der Waals surface area contributed by atoms with Gasteiger partial charge in [0, 0.05) is 20.9 Å². The third-order valence-corrected chi connectivity index (χ3v) is 1.99. The highest BCUT2D eigenvalue weighted by Gasteiger charge is 2.08. The first-order valence-corrected chi connectivity index (χ1v) is 7.83. The zero-order chi connectivity index (χ0) is 9.49. The minimum Gasteiger partial charge on any atom is -0.312 e. The van der Waals surface area contributed by atoms with Gasteiger partial charge >= 0.3 is 7.60 Å². The second-order valence-electron chi connectivity index (χ2n) is 2.48. The lowest BCUT2D eigenvalue weighted by molar-refractivity contribution is 0.282. The van der Waals surface area contributed by atoms with Gasteiger partial charge in [-0.2, -0.15) is 0 Å². The number of hydrogen-bond donors (Lipinski definition) is 0. The smallest absolute Gasteiger partial charge is 0.312 e. The van der Waals surface area contributed by atoms with Crippen LogP contribution < -0.4 is 0 Å². The van der Waals surface area contributed by atoms with Gasteiger partial charge in [0.15, 0.2) is 0 Å². The van der Waals surface area contributed by atoms with Crippen LogP contribution in [0.1, 0.15) is 0 Å². The first-order valence-electron chi connectivity index (χ1n) is 3.15. The van der Waals surface area contributed by atoms with Crippen molar-refractivity contribution in [1.82, 2.24) is 0 Å². The molecule has 0 atom stereocenters. The fraction of sp³-hybridized carbons (Fsp3) is 1.00. The van der Waals surface area contributed by atoms with Crippen molar-refractivity contribution < 1.29 is 13.6 Å². The molecule has 0 saturated heterocycles. The van der Waals surface area contributed by atoms with Gasteiger partial charge in [0.2, 0.25) is 0 Å². The molecule has 0 spiro atoms.